The lowest BCUT2D eigenvalue weighted by atomic mass is 10.2. The van der Waals surface area contributed by atoms with Crippen molar-refractivity contribution in [2.75, 3.05) is 83.6 Å². The molecule has 30 heavy (non-hydrogen) atoms. The van der Waals surface area contributed by atoms with Gasteiger partial charge in [0.05, 0.1) is 19.8 Å². The Labute approximate surface area is 198 Å². The molecule has 0 bridgehead atoms. The van der Waals surface area contributed by atoms with E-state index in [9.17, 15) is 0 Å². The molecule has 3 heterocycles. The lowest BCUT2D eigenvalue weighted by Gasteiger charge is -2.34. The van der Waals surface area contributed by atoms with E-state index in [0.717, 1.165) is 96.0 Å². The van der Waals surface area contributed by atoms with Crippen molar-refractivity contribution in [1.29, 1.82) is 0 Å². The second-order valence-corrected chi connectivity index (χ2v) is 7.52. The van der Waals surface area contributed by atoms with Crippen molar-refractivity contribution in [3.8, 4) is 0 Å². The summed E-state index contributed by atoms with van der Waals surface area (Å²) < 4.78 is 5.40. The zero-order valence-corrected chi connectivity index (χ0v) is 20.8. The van der Waals surface area contributed by atoms with Crippen molar-refractivity contribution in [1.82, 2.24) is 25.4 Å². The van der Waals surface area contributed by atoms with Crippen LogP contribution in [0.25, 0.3) is 0 Å². The summed E-state index contributed by atoms with van der Waals surface area (Å²) in [5.74, 6) is 1.93. The molecule has 2 saturated heterocycles. The van der Waals surface area contributed by atoms with Crippen LogP contribution < -0.4 is 15.5 Å². The van der Waals surface area contributed by atoms with Crippen LogP contribution in [-0.4, -0.2) is 99.4 Å². The number of nitrogens with one attached hydrogen (secondary N) is 2. The highest BCUT2D eigenvalue weighted by Gasteiger charge is 2.16. The second kappa shape index (κ2) is 14.0. The molecule has 3 rings (SSSR count). The van der Waals surface area contributed by atoms with Crippen LogP contribution in [0.1, 0.15) is 19.4 Å². The Kier molecular flexibility index (Phi) is 11.7. The van der Waals surface area contributed by atoms with E-state index in [1.807, 2.05) is 6.20 Å². The number of likely N-dealkylation sites (N-methyl/N-ethyl adjacent to an activating group) is 1. The van der Waals surface area contributed by atoms with Gasteiger partial charge in [-0.25, -0.2) is 9.98 Å². The van der Waals surface area contributed by atoms with Gasteiger partial charge < -0.3 is 25.2 Å². The number of aromatic nitrogens is 1. The number of piperazine rings is 1. The highest BCUT2D eigenvalue weighted by Crippen LogP contribution is 2.14. The van der Waals surface area contributed by atoms with Crippen LogP contribution in [0.2, 0.25) is 0 Å². The first-order chi connectivity index (χ1) is 14.3. The van der Waals surface area contributed by atoms with Crippen molar-refractivity contribution in [3.63, 3.8) is 0 Å². The molecule has 0 amide bonds. The molecule has 8 nitrogen and oxygen atoms in total. The van der Waals surface area contributed by atoms with Gasteiger partial charge in [-0.05, 0) is 25.1 Å². The number of halogens is 1. The fourth-order valence-corrected chi connectivity index (χ4v) is 3.66. The maximum Gasteiger partial charge on any atom is 0.191 e. The SMILES string of the molecule is CCNC(=NCc1ccc(N2CCN(CC)CC2)nc1)NCCN1CCOCC1.I. The number of pyridine rings is 1. The van der Waals surface area contributed by atoms with Crippen molar-refractivity contribution < 1.29 is 4.74 Å². The van der Waals surface area contributed by atoms with Gasteiger partial charge in [0.25, 0.3) is 0 Å². The van der Waals surface area contributed by atoms with Crippen LogP contribution in [0.3, 0.4) is 0 Å². The van der Waals surface area contributed by atoms with E-state index >= 15 is 0 Å². The molecule has 0 aromatic carbocycles. The molecule has 2 fully saturated rings. The topological polar surface area (TPSA) is 68.3 Å². The van der Waals surface area contributed by atoms with Crippen LogP contribution in [0.4, 0.5) is 5.82 Å². The minimum atomic E-state index is 0. The number of ether oxygens (including phenoxy) is 1. The molecule has 0 unspecified atom stereocenters. The molecular formula is C21H38IN7O. The second-order valence-electron chi connectivity index (χ2n) is 7.52. The van der Waals surface area contributed by atoms with Gasteiger partial charge in [0.2, 0.25) is 0 Å². The van der Waals surface area contributed by atoms with E-state index < -0.39 is 0 Å². The van der Waals surface area contributed by atoms with E-state index in [1.54, 1.807) is 0 Å². The number of nitrogens with zero attached hydrogens (tertiary/aromatic N) is 5. The average Bonchev–Trinajstić information content (AvgIpc) is 2.78. The maximum absolute atomic E-state index is 5.40. The largest absolute Gasteiger partial charge is 0.379 e. The number of hydrogen-bond acceptors (Lipinski definition) is 6. The van der Waals surface area contributed by atoms with Crippen molar-refractivity contribution in [2.45, 2.75) is 20.4 Å². The Morgan fingerprint density at radius 1 is 1.03 bits per heavy atom. The Morgan fingerprint density at radius 3 is 2.43 bits per heavy atom. The zero-order valence-electron chi connectivity index (χ0n) is 18.5. The van der Waals surface area contributed by atoms with E-state index in [4.69, 9.17) is 9.73 Å². The standard InChI is InChI=1S/C21H37N7O.HI/c1-3-22-21(23-7-8-27-13-15-29-16-14-27)25-18-19-5-6-20(24-17-19)28-11-9-26(4-2)10-12-28;/h5-6,17H,3-4,7-16,18H2,1-2H3,(H2,22,23,25);1H. The van der Waals surface area contributed by atoms with E-state index in [1.165, 1.54) is 0 Å². The van der Waals surface area contributed by atoms with Crippen molar-refractivity contribution in [2.24, 2.45) is 4.99 Å². The normalized spacial score (nSPS) is 18.7. The van der Waals surface area contributed by atoms with Crippen LogP contribution in [0, 0.1) is 0 Å². The maximum atomic E-state index is 5.40. The smallest absolute Gasteiger partial charge is 0.191 e. The Morgan fingerprint density at radius 2 is 1.80 bits per heavy atom. The zero-order chi connectivity index (χ0) is 20.3. The number of guanidine groups is 1. The van der Waals surface area contributed by atoms with Gasteiger partial charge in [-0.2, -0.15) is 0 Å². The number of rotatable bonds is 8. The third-order valence-electron chi connectivity index (χ3n) is 5.54. The summed E-state index contributed by atoms with van der Waals surface area (Å²) >= 11 is 0. The number of hydrogen-bond donors (Lipinski definition) is 2. The van der Waals surface area contributed by atoms with Gasteiger partial charge in [-0.15, -0.1) is 24.0 Å². The third kappa shape index (κ3) is 8.16. The predicted octanol–water partition coefficient (Wildman–Crippen LogP) is 1.23. The first-order valence-corrected chi connectivity index (χ1v) is 11.0. The third-order valence-corrected chi connectivity index (χ3v) is 5.54. The first-order valence-electron chi connectivity index (χ1n) is 11.0. The van der Waals surface area contributed by atoms with Gasteiger partial charge in [-0.1, -0.05) is 13.0 Å². The summed E-state index contributed by atoms with van der Waals surface area (Å²) in [7, 11) is 0. The van der Waals surface area contributed by atoms with E-state index in [0.29, 0.717) is 6.54 Å². The molecule has 0 radical (unpaired) electrons. The summed E-state index contributed by atoms with van der Waals surface area (Å²) in [4.78, 5) is 16.7. The summed E-state index contributed by atoms with van der Waals surface area (Å²) in [6, 6.07) is 4.28. The molecule has 9 heteroatoms. The summed E-state index contributed by atoms with van der Waals surface area (Å²) in [6.45, 7) is 16.9. The molecule has 2 aliphatic rings. The van der Waals surface area contributed by atoms with Crippen molar-refractivity contribution >= 4 is 35.8 Å². The van der Waals surface area contributed by atoms with Gasteiger partial charge in [0, 0.05) is 65.1 Å². The van der Waals surface area contributed by atoms with Crippen LogP contribution in [0.15, 0.2) is 23.3 Å². The lowest BCUT2D eigenvalue weighted by molar-refractivity contribution is 0.0389. The molecule has 2 aliphatic heterocycles. The van der Waals surface area contributed by atoms with Crippen LogP contribution in [-0.2, 0) is 11.3 Å². The highest BCUT2D eigenvalue weighted by atomic mass is 127. The fourth-order valence-electron chi connectivity index (χ4n) is 3.66. The Bertz CT molecular complexity index is 614. The fraction of sp³-hybridized carbons (Fsp3) is 0.714. The number of aliphatic imine (C=N–C) groups is 1. The predicted molar refractivity (Wildman–Crippen MR) is 134 cm³/mol. The number of morpholine rings is 1. The summed E-state index contributed by atoms with van der Waals surface area (Å²) in [5.41, 5.74) is 1.13. The van der Waals surface area contributed by atoms with E-state index in [2.05, 4.69) is 56.3 Å². The van der Waals surface area contributed by atoms with Gasteiger partial charge in [0.15, 0.2) is 5.96 Å². The monoisotopic (exact) mass is 531 g/mol. The molecule has 1 aromatic heterocycles. The van der Waals surface area contributed by atoms with Gasteiger partial charge in [0.1, 0.15) is 5.82 Å². The summed E-state index contributed by atoms with van der Waals surface area (Å²) in [5, 5.41) is 6.76. The van der Waals surface area contributed by atoms with Gasteiger partial charge >= 0.3 is 0 Å². The lowest BCUT2D eigenvalue weighted by Crippen LogP contribution is -2.46. The molecule has 0 saturated carbocycles. The number of anilines is 1. The Hall–Kier alpha value is -1.17. The molecule has 170 valence electrons. The average molecular weight is 531 g/mol. The molecule has 1 aromatic rings. The first kappa shape index (κ1) is 25.1. The molecule has 0 spiro atoms. The molecule has 2 N–H and O–H groups in total. The minimum Gasteiger partial charge on any atom is -0.379 e. The van der Waals surface area contributed by atoms with Crippen LogP contribution in [0.5, 0.6) is 0 Å². The van der Waals surface area contributed by atoms with Crippen molar-refractivity contribution in [3.05, 3.63) is 23.9 Å². The van der Waals surface area contributed by atoms with E-state index in [-0.39, 0.29) is 24.0 Å². The molecule has 0 aliphatic carbocycles. The Balaban J connectivity index is 0.00000320. The van der Waals surface area contributed by atoms with Crippen LogP contribution >= 0.6 is 24.0 Å². The van der Waals surface area contributed by atoms with Gasteiger partial charge in [-0.3, -0.25) is 4.90 Å². The quantitative estimate of drug-likeness (QED) is 0.297. The summed E-state index contributed by atoms with van der Waals surface area (Å²) in [6.07, 6.45) is 1.96. The molecule has 0 atom stereocenters. The highest BCUT2D eigenvalue weighted by molar-refractivity contribution is 14.0. The minimum absolute atomic E-state index is 0. The molecular weight excluding hydrogens is 493 g/mol.